The molecule has 2 aromatic rings. The minimum absolute atomic E-state index is 0.482. The van der Waals surface area contributed by atoms with E-state index in [-0.39, 0.29) is 0 Å². The van der Waals surface area contributed by atoms with Gasteiger partial charge in [0.15, 0.2) is 0 Å². The maximum atomic E-state index is 6.15. The molecular weight excluding hydrogens is 262 g/mol. The van der Waals surface area contributed by atoms with Crippen LogP contribution in [0.15, 0.2) is 18.3 Å². The maximum Gasteiger partial charge on any atom is 0.137 e. The lowest BCUT2D eigenvalue weighted by atomic mass is 10.3. The lowest BCUT2D eigenvalue weighted by Crippen LogP contribution is -2.08. The number of aromatic nitrogens is 4. The van der Waals surface area contributed by atoms with Crippen LogP contribution in [0.4, 0.5) is 5.82 Å². The first-order valence-corrected chi connectivity index (χ1v) is 6.66. The van der Waals surface area contributed by atoms with Crippen molar-refractivity contribution >= 4 is 17.4 Å². The average molecular weight is 276 g/mol. The largest absolute Gasteiger partial charge is 0.364 e. The van der Waals surface area contributed by atoms with E-state index in [1.165, 1.54) is 0 Å². The van der Waals surface area contributed by atoms with Crippen LogP contribution < -0.4 is 5.32 Å². The standard InChI is InChI=1S/C13H14ClN5/c1-8-11(14)17-13(9-4-5-9)18-12(8)15-7-10-3-2-6-16-19-10/h2-3,6,9H,4-5,7H2,1H3,(H,15,17,18). The van der Waals surface area contributed by atoms with Crippen molar-refractivity contribution in [3.05, 3.63) is 40.6 Å². The third kappa shape index (κ3) is 2.81. The molecule has 0 saturated heterocycles. The molecule has 1 N–H and O–H groups in total. The molecule has 19 heavy (non-hydrogen) atoms. The summed E-state index contributed by atoms with van der Waals surface area (Å²) in [6.07, 6.45) is 3.97. The number of anilines is 1. The molecule has 6 heteroatoms. The summed E-state index contributed by atoms with van der Waals surface area (Å²) in [6.45, 7) is 2.49. The Bertz CT molecular complexity index is 583. The Balaban J connectivity index is 1.79. The molecular formula is C13H14ClN5. The summed E-state index contributed by atoms with van der Waals surface area (Å²) in [5.74, 6) is 2.11. The lowest BCUT2D eigenvalue weighted by Gasteiger charge is -2.10. The average Bonchev–Trinajstić information content (AvgIpc) is 3.26. The van der Waals surface area contributed by atoms with E-state index in [4.69, 9.17) is 11.6 Å². The van der Waals surface area contributed by atoms with Gasteiger partial charge in [0.05, 0.1) is 12.2 Å². The smallest absolute Gasteiger partial charge is 0.137 e. The van der Waals surface area contributed by atoms with Crippen LogP contribution in [0.1, 0.15) is 35.8 Å². The highest BCUT2D eigenvalue weighted by Gasteiger charge is 2.27. The summed E-state index contributed by atoms with van der Waals surface area (Å²) in [6, 6.07) is 3.78. The van der Waals surface area contributed by atoms with Gasteiger partial charge in [-0.05, 0) is 31.9 Å². The van der Waals surface area contributed by atoms with Crippen molar-refractivity contribution in [2.24, 2.45) is 0 Å². The van der Waals surface area contributed by atoms with Gasteiger partial charge in [0.1, 0.15) is 16.8 Å². The highest BCUT2D eigenvalue weighted by Crippen LogP contribution is 2.39. The zero-order valence-electron chi connectivity index (χ0n) is 10.6. The van der Waals surface area contributed by atoms with E-state index in [2.05, 4.69) is 25.5 Å². The van der Waals surface area contributed by atoms with Gasteiger partial charge < -0.3 is 5.32 Å². The van der Waals surface area contributed by atoms with Gasteiger partial charge in [-0.15, -0.1) is 0 Å². The Morgan fingerprint density at radius 3 is 2.89 bits per heavy atom. The van der Waals surface area contributed by atoms with Gasteiger partial charge in [0.2, 0.25) is 0 Å². The zero-order chi connectivity index (χ0) is 13.2. The third-order valence-corrected chi connectivity index (χ3v) is 3.48. The van der Waals surface area contributed by atoms with Gasteiger partial charge in [0, 0.05) is 17.7 Å². The fraction of sp³-hybridized carbons (Fsp3) is 0.385. The summed E-state index contributed by atoms with van der Waals surface area (Å²) < 4.78 is 0. The van der Waals surface area contributed by atoms with E-state index >= 15 is 0 Å². The summed E-state index contributed by atoms with van der Waals surface area (Å²) in [7, 11) is 0. The second-order valence-corrected chi connectivity index (χ2v) is 5.05. The first-order chi connectivity index (χ1) is 9.24. The molecule has 0 amide bonds. The van der Waals surface area contributed by atoms with E-state index in [9.17, 15) is 0 Å². The minimum Gasteiger partial charge on any atom is -0.364 e. The summed E-state index contributed by atoms with van der Waals surface area (Å²) in [4.78, 5) is 8.89. The summed E-state index contributed by atoms with van der Waals surface area (Å²) >= 11 is 6.15. The van der Waals surface area contributed by atoms with Gasteiger partial charge in [0.25, 0.3) is 0 Å². The topological polar surface area (TPSA) is 63.6 Å². The van der Waals surface area contributed by atoms with Gasteiger partial charge in [-0.25, -0.2) is 9.97 Å². The SMILES string of the molecule is Cc1c(Cl)nc(C2CC2)nc1NCc1cccnn1. The number of nitrogens with one attached hydrogen (secondary N) is 1. The third-order valence-electron chi connectivity index (χ3n) is 3.11. The molecule has 98 valence electrons. The lowest BCUT2D eigenvalue weighted by molar-refractivity contribution is 0.890. The number of rotatable bonds is 4. The molecule has 1 aliphatic rings. The molecule has 0 unspecified atom stereocenters. The van der Waals surface area contributed by atoms with Crippen LogP contribution >= 0.6 is 11.6 Å². The van der Waals surface area contributed by atoms with Crippen LogP contribution in [0.25, 0.3) is 0 Å². The number of hydrogen-bond acceptors (Lipinski definition) is 5. The van der Waals surface area contributed by atoms with Crippen molar-refractivity contribution in [3.8, 4) is 0 Å². The fourth-order valence-electron chi connectivity index (χ4n) is 1.80. The van der Waals surface area contributed by atoms with Crippen molar-refractivity contribution in [1.82, 2.24) is 20.2 Å². The van der Waals surface area contributed by atoms with E-state index in [1.54, 1.807) is 6.20 Å². The van der Waals surface area contributed by atoms with E-state index in [1.807, 2.05) is 19.1 Å². The summed E-state index contributed by atoms with van der Waals surface area (Å²) in [5, 5.41) is 11.7. The Labute approximate surface area is 116 Å². The van der Waals surface area contributed by atoms with Crippen molar-refractivity contribution in [2.45, 2.75) is 32.2 Å². The molecule has 0 aromatic carbocycles. The number of halogens is 1. The van der Waals surface area contributed by atoms with E-state index in [0.717, 1.165) is 35.7 Å². The van der Waals surface area contributed by atoms with Crippen LogP contribution in [0.5, 0.6) is 0 Å². The second-order valence-electron chi connectivity index (χ2n) is 4.69. The predicted molar refractivity (Wildman–Crippen MR) is 73.1 cm³/mol. The van der Waals surface area contributed by atoms with Crippen molar-refractivity contribution < 1.29 is 0 Å². The molecule has 0 bridgehead atoms. The molecule has 1 aliphatic carbocycles. The van der Waals surface area contributed by atoms with Crippen LogP contribution in [0.3, 0.4) is 0 Å². The van der Waals surface area contributed by atoms with E-state index < -0.39 is 0 Å². The quantitative estimate of drug-likeness (QED) is 0.869. The highest BCUT2D eigenvalue weighted by atomic mass is 35.5. The van der Waals surface area contributed by atoms with Crippen molar-refractivity contribution in [2.75, 3.05) is 5.32 Å². The highest BCUT2D eigenvalue weighted by molar-refractivity contribution is 6.30. The Morgan fingerprint density at radius 1 is 1.37 bits per heavy atom. The molecule has 1 saturated carbocycles. The maximum absolute atomic E-state index is 6.15. The molecule has 0 atom stereocenters. The second kappa shape index (κ2) is 5.09. The Morgan fingerprint density at radius 2 is 2.21 bits per heavy atom. The molecule has 2 heterocycles. The number of nitrogens with zero attached hydrogens (tertiary/aromatic N) is 4. The van der Waals surface area contributed by atoms with Crippen molar-refractivity contribution in [3.63, 3.8) is 0 Å². The number of hydrogen-bond donors (Lipinski definition) is 1. The van der Waals surface area contributed by atoms with Crippen LogP contribution in [-0.4, -0.2) is 20.2 Å². The molecule has 5 nitrogen and oxygen atoms in total. The van der Waals surface area contributed by atoms with Gasteiger partial charge in [-0.3, -0.25) is 0 Å². The molecule has 3 rings (SSSR count). The first-order valence-electron chi connectivity index (χ1n) is 6.28. The van der Waals surface area contributed by atoms with Gasteiger partial charge in [-0.2, -0.15) is 10.2 Å². The van der Waals surface area contributed by atoms with Crippen LogP contribution in [0, 0.1) is 6.92 Å². The molecule has 1 fully saturated rings. The van der Waals surface area contributed by atoms with Crippen LogP contribution in [-0.2, 0) is 6.54 Å². The molecule has 0 radical (unpaired) electrons. The Kier molecular flexibility index (Phi) is 3.29. The van der Waals surface area contributed by atoms with Crippen molar-refractivity contribution in [1.29, 1.82) is 0 Å². The first kappa shape index (κ1) is 12.3. The van der Waals surface area contributed by atoms with E-state index in [0.29, 0.717) is 17.6 Å². The van der Waals surface area contributed by atoms with Gasteiger partial charge >= 0.3 is 0 Å². The molecule has 2 aromatic heterocycles. The van der Waals surface area contributed by atoms with Crippen LogP contribution in [0.2, 0.25) is 5.15 Å². The monoisotopic (exact) mass is 275 g/mol. The minimum atomic E-state index is 0.482. The molecule has 0 spiro atoms. The fourth-order valence-corrected chi connectivity index (χ4v) is 1.98. The summed E-state index contributed by atoms with van der Waals surface area (Å²) in [5.41, 5.74) is 1.74. The Hall–Kier alpha value is -1.75. The molecule has 0 aliphatic heterocycles. The van der Waals surface area contributed by atoms with Gasteiger partial charge in [-0.1, -0.05) is 11.6 Å². The normalized spacial score (nSPS) is 14.4. The predicted octanol–water partition coefficient (Wildman–Crippen LogP) is 2.72. The zero-order valence-corrected chi connectivity index (χ0v) is 11.4.